The van der Waals surface area contributed by atoms with E-state index in [1.807, 2.05) is 0 Å². The summed E-state index contributed by atoms with van der Waals surface area (Å²) in [7, 11) is 0. The molecule has 1 heteroatoms. The van der Waals surface area contributed by atoms with E-state index in [-0.39, 0.29) is 0 Å². The smallest absolute Gasteiger partial charge is 0.0658 e. The highest BCUT2D eigenvalue weighted by atomic mass is 14.4. The zero-order valence-corrected chi connectivity index (χ0v) is 19.7. The van der Waals surface area contributed by atoms with Crippen LogP contribution in [0.1, 0.15) is 121 Å². The van der Waals surface area contributed by atoms with Crippen LogP contribution in [0.3, 0.4) is 0 Å². The Bertz CT molecular complexity index is 623. The predicted octanol–water partition coefficient (Wildman–Crippen LogP) is 8.83. The molecule has 2 fully saturated rings. The molecule has 30 heavy (non-hydrogen) atoms. The molecule has 0 aliphatic heterocycles. The Kier molecular flexibility index (Phi) is 9.77. The number of hydrogen-bond donors (Lipinski definition) is 0. The SMILES string of the molecule is CCCCc1ccc([C@H]2CC[C@H](CC(C#N)[C@H]3CC[C@H](CCCC)CC3)CC2)cc1. The molecular weight excluding hydrogens is 362 g/mol. The molecule has 0 saturated heterocycles. The third-order valence-electron chi connectivity index (χ3n) is 8.30. The number of nitrogens with zero attached hydrogens (tertiary/aromatic N) is 1. The van der Waals surface area contributed by atoms with Crippen LogP contribution < -0.4 is 0 Å². The molecule has 1 aromatic rings. The van der Waals surface area contributed by atoms with Crippen molar-refractivity contribution in [3.05, 3.63) is 35.4 Å². The number of nitriles is 1. The molecule has 1 atom stereocenters. The van der Waals surface area contributed by atoms with Gasteiger partial charge in [-0.15, -0.1) is 0 Å². The molecular formula is C29H45N. The predicted molar refractivity (Wildman–Crippen MR) is 128 cm³/mol. The fourth-order valence-corrected chi connectivity index (χ4v) is 6.15. The van der Waals surface area contributed by atoms with Gasteiger partial charge in [-0.2, -0.15) is 5.26 Å². The van der Waals surface area contributed by atoms with E-state index < -0.39 is 0 Å². The molecule has 1 nitrogen and oxygen atoms in total. The number of aryl methyl sites for hydroxylation is 1. The standard InChI is InChI=1S/C29H45N/c1-3-5-7-23-9-15-26(16-10-23)27-19-13-25(14-20-27)21-29(22-30)28-17-11-24(12-18-28)8-6-4-2/h9-10,15-16,24-25,27-29H,3-8,11-14,17-21H2,1-2H3/t24-,25-,27-,28-,29?. The molecule has 0 spiro atoms. The quantitative estimate of drug-likeness (QED) is 0.380. The fourth-order valence-electron chi connectivity index (χ4n) is 6.15. The normalized spacial score (nSPS) is 28.0. The lowest BCUT2D eigenvalue weighted by Crippen LogP contribution is -2.24. The molecule has 0 amide bonds. The molecule has 2 aliphatic rings. The first-order valence-electron chi connectivity index (χ1n) is 13.2. The van der Waals surface area contributed by atoms with Gasteiger partial charge in [-0.25, -0.2) is 0 Å². The van der Waals surface area contributed by atoms with Crippen LogP contribution in [0.5, 0.6) is 0 Å². The Hall–Kier alpha value is -1.29. The van der Waals surface area contributed by atoms with Crippen LogP contribution in [-0.4, -0.2) is 0 Å². The van der Waals surface area contributed by atoms with Crippen molar-refractivity contribution in [1.82, 2.24) is 0 Å². The van der Waals surface area contributed by atoms with E-state index in [1.54, 1.807) is 5.56 Å². The van der Waals surface area contributed by atoms with Crippen molar-refractivity contribution >= 4 is 0 Å². The van der Waals surface area contributed by atoms with E-state index in [0.29, 0.717) is 11.8 Å². The topological polar surface area (TPSA) is 23.8 Å². The van der Waals surface area contributed by atoms with Crippen molar-refractivity contribution in [1.29, 1.82) is 5.26 Å². The molecule has 1 unspecified atom stereocenters. The van der Waals surface area contributed by atoms with E-state index in [0.717, 1.165) is 17.8 Å². The molecule has 3 rings (SSSR count). The number of benzene rings is 1. The van der Waals surface area contributed by atoms with Crippen LogP contribution in [0, 0.1) is 35.0 Å². The van der Waals surface area contributed by atoms with Crippen molar-refractivity contribution in [2.75, 3.05) is 0 Å². The summed E-state index contributed by atoms with van der Waals surface area (Å²) in [6.07, 6.45) is 19.8. The molecule has 2 saturated carbocycles. The maximum atomic E-state index is 9.88. The summed E-state index contributed by atoms with van der Waals surface area (Å²) >= 11 is 0. The van der Waals surface area contributed by atoms with Crippen molar-refractivity contribution in [2.45, 2.75) is 116 Å². The Morgan fingerprint density at radius 2 is 1.47 bits per heavy atom. The second kappa shape index (κ2) is 12.5. The zero-order valence-electron chi connectivity index (χ0n) is 19.7. The average Bonchev–Trinajstić information content (AvgIpc) is 2.81. The number of unbranched alkanes of at least 4 members (excludes halogenated alkanes) is 2. The molecule has 0 heterocycles. The summed E-state index contributed by atoms with van der Waals surface area (Å²) in [5.74, 6) is 3.48. The summed E-state index contributed by atoms with van der Waals surface area (Å²) in [5, 5.41) is 9.88. The van der Waals surface area contributed by atoms with Crippen LogP contribution >= 0.6 is 0 Å². The van der Waals surface area contributed by atoms with E-state index in [4.69, 9.17) is 0 Å². The summed E-state index contributed by atoms with van der Waals surface area (Å²) < 4.78 is 0. The third kappa shape index (κ3) is 6.87. The van der Waals surface area contributed by atoms with E-state index in [9.17, 15) is 5.26 Å². The van der Waals surface area contributed by atoms with Crippen LogP contribution in [0.2, 0.25) is 0 Å². The van der Waals surface area contributed by atoms with Gasteiger partial charge in [0.25, 0.3) is 0 Å². The number of rotatable bonds is 10. The highest BCUT2D eigenvalue weighted by molar-refractivity contribution is 5.26. The van der Waals surface area contributed by atoms with Gasteiger partial charge in [0.05, 0.1) is 6.07 Å². The lowest BCUT2D eigenvalue weighted by atomic mass is 9.70. The van der Waals surface area contributed by atoms with Crippen LogP contribution in [0.4, 0.5) is 0 Å². The van der Waals surface area contributed by atoms with Gasteiger partial charge in [0.1, 0.15) is 0 Å². The van der Waals surface area contributed by atoms with Gasteiger partial charge in [0.15, 0.2) is 0 Å². The van der Waals surface area contributed by atoms with Crippen LogP contribution in [0.25, 0.3) is 0 Å². The maximum Gasteiger partial charge on any atom is 0.0658 e. The van der Waals surface area contributed by atoms with Gasteiger partial charge in [0.2, 0.25) is 0 Å². The monoisotopic (exact) mass is 407 g/mol. The van der Waals surface area contributed by atoms with Crippen LogP contribution in [-0.2, 0) is 6.42 Å². The van der Waals surface area contributed by atoms with Gasteiger partial charge < -0.3 is 0 Å². The first-order valence-corrected chi connectivity index (χ1v) is 13.2. The highest BCUT2D eigenvalue weighted by Gasteiger charge is 2.31. The van der Waals surface area contributed by atoms with Gasteiger partial charge in [0, 0.05) is 5.92 Å². The Morgan fingerprint density at radius 3 is 2.07 bits per heavy atom. The molecule has 0 N–H and O–H groups in total. The lowest BCUT2D eigenvalue weighted by Gasteiger charge is -2.34. The minimum absolute atomic E-state index is 0.316. The molecule has 0 bridgehead atoms. The van der Waals surface area contributed by atoms with Crippen molar-refractivity contribution in [2.24, 2.45) is 23.7 Å². The summed E-state index contributed by atoms with van der Waals surface area (Å²) in [5.41, 5.74) is 3.05. The van der Waals surface area contributed by atoms with E-state index in [2.05, 4.69) is 44.2 Å². The van der Waals surface area contributed by atoms with Gasteiger partial charge >= 0.3 is 0 Å². The summed E-state index contributed by atoms with van der Waals surface area (Å²) in [6.45, 7) is 4.57. The second-order valence-corrected chi connectivity index (χ2v) is 10.5. The molecule has 166 valence electrons. The Morgan fingerprint density at radius 1 is 0.833 bits per heavy atom. The van der Waals surface area contributed by atoms with Gasteiger partial charge in [-0.3, -0.25) is 0 Å². The molecule has 2 aliphatic carbocycles. The first kappa shape index (κ1) is 23.4. The number of hydrogen-bond acceptors (Lipinski definition) is 1. The minimum atomic E-state index is 0.316. The fraction of sp³-hybridized carbons (Fsp3) is 0.759. The lowest BCUT2D eigenvalue weighted by molar-refractivity contribution is 0.188. The van der Waals surface area contributed by atoms with Gasteiger partial charge in [-0.05, 0) is 92.6 Å². The molecule has 1 aromatic carbocycles. The molecule has 0 aromatic heterocycles. The second-order valence-electron chi connectivity index (χ2n) is 10.5. The largest absolute Gasteiger partial charge is 0.198 e. The Balaban J connectivity index is 1.42. The first-order chi connectivity index (χ1) is 14.7. The Labute approximate surface area is 186 Å². The third-order valence-corrected chi connectivity index (χ3v) is 8.30. The zero-order chi connectivity index (χ0) is 21.2. The van der Waals surface area contributed by atoms with Crippen molar-refractivity contribution in [3.63, 3.8) is 0 Å². The van der Waals surface area contributed by atoms with Crippen LogP contribution in [0.15, 0.2) is 24.3 Å². The van der Waals surface area contributed by atoms with Crippen molar-refractivity contribution < 1.29 is 0 Å². The van der Waals surface area contributed by atoms with Gasteiger partial charge in [-0.1, -0.05) is 76.6 Å². The summed E-state index contributed by atoms with van der Waals surface area (Å²) in [4.78, 5) is 0. The van der Waals surface area contributed by atoms with Crippen molar-refractivity contribution in [3.8, 4) is 6.07 Å². The van der Waals surface area contributed by atoms with E-state index >= 15 is 0 Å². The summed E-state index contributed by atoms with van der Waals surface area (Å²) in [6, 6.07) is 12.3. The minimum Gasteiger partial charge on any atom is -0.198 e. The maximum absolute atomic E-state index is 9.88. The molecule has 0 radical (unpaired) electrons. The van der Waals surface area contributed by atoms with E-state index in [1.165, 1.54) is 102 Å². The highest BCUT2D eigenvalue weighted by Crippen LogP contribution is 2.42. The average molecular weight is 408 g/mol.